The molecule has 0 saturated carbocycles. The van der Waals surface area contributed by atoms with E-state index in [4.69, 9.17) is 4.74 Å². The van der Waals surface area contributed by atoms with Crippen molar-refractivity contribution in [2.24, 2.45) is 0 Å². The Morgan fingerprint density at radius 3 is 2.35 bits per heavy atom. The van der Waals surface area contributed by atoms with Crippen molar-refractivity contribution in [2.45, 2.75) is 19.3 Å². The summed E-state index contributed by atoms with van der Waals surface area (Å²) in [4.78, 5) is 28.3. The van der Waals surface area contributed by atoms with E-state index < -0.39 is 0 Å². The predicted molar refractivity (Wildman–Crippen MR) is 106 cm³/mol. The van der Waals surface area contributed by atoms with Crippen molar-refractivity contribution in [3.63, 3.8) is 0 Å². The minimum Gasteiger partial charge on any atom is -0.378 e. The third-order valence-corrected chi connectivity index (χ3v) is 5.61. The molecular weight excluding hydrogens is 350 g/mol. The Balaban J connectivity index is 1.38. The molecule has 1 aromatic carbocycles. The summed E-state index contributed by atoms with van der Waals surface area (Å²) < 4.78 is 5.36. The van der Waals surface area contributed by atoms with Gasteiger partial charge in [0.2, 0.25) is 11.8 Å². The average Bonchev–Trinajstić information content (AvgIpc) is 2.70. The third-order valence-electron chi connectivity index (χ3n) is 4.69. The molecule has 0 spiro atoms. The summed E-state index contributed by atoms with van der Waals surface area (Å²) in [6.07, 6.45) is 3.40. The first-order valence-corrected chi connectivity index (χ1v) is 10.5. The van der Waals surface area contributed by atoms with Crippen molar-refractivity contribution < 1.29 is 14.3 Å². The van der Waals surface area contributed by atoms with Gasteiger partial charge in [0.1, 0.15) is 0 Å². The summed E-state index contributed by atoms with van der Waals surface area (Å²) in [6, 6.07) is 7.89. The molecule has 3 rings (SSSR count). The van der Waals surface area contributed by atoms with Crippen LogP contribution in [0.1, 0.15) is 19.3 Å². The fourth-order valence-electron chi connectivity index (χ4n) is 3.24. The van der Waals surface area contributed by atoms with Crippen LogP contribution in [-0.2, 0) is 14.3 Å². The van der Waals surface area contributed by atoms with E-state index in [2.05, 4.69) is 10.2 Å². The fraction of sp³-hybridized carbons (Fsp3) is 0.579. The Kier molecular flexibility index (Phi) is 7.20. The zero-order valence-corrected chi connectivity index (χ0v) is 15.9. The van der Waals surface area contributed by atoms with Crippen molar-refractivity contribution in [1.82, 2.24) is 4.90 Å². The van der Waals surface area contributed by atoms with E-state index in [0.717, 1.165) is 63.6 Å². The van der Waals surface area contributed by atoms with Gasteiger partial charge in [-0.25, -0.2) is 0 Å². The molecule has 0 aliphatic carbocycles. The monoisotopic (exact) mass is 377 g/mol. The number of rotatable bonds is 6. The number of nitrogens with zero attached hydrogens (tertiary/aromatic N) is 2. The number of amides is 2. The number of nitrogens with one attached hydrogen (secondary N) is 1. The van der Waals surface area contributed by atoms with Crippen molar-refractivity contribution in [3.05, 3.63) is 24.3 Å². The third kappa shape index (κ3) is 5.64. The lowest BCUT2D eigenvalue weighted by Gasteiger charge is -2.28. The number of morpholine rings is 1. The molecule has 0 unspecified atom stereocenters. The Morgan fingerprint density at radius 1 is 0.962 bits per heavy atom. The standard InChI is InChI=1S/C19H27N3O3S/c23-18(14-26-15-19(24)22-8-2-1-3-9-22)20-16-4-6-17(7-5-16)21-10-12-25-13-11-21/h4-7H,1-3,8-15H2,(H,20,23). The number of anilines is 2. The highest BCUT2D eigenvalue weighted by molar-refractivity contribution is 8.00. The van der Waals surface area contributed by atoms with Crippen LogP contribution >= 0.6 is 11.8 Å². The minimum absolute atomic E-state index is 0.0689. The quantitative estimate of drug-likeness (QED) is 0.824. The van der Waals surface area contributed by atoms with Gasteiger partial charge in [-0.1, -0.05) is 0 Å². The molecule has 26 heavy (non-hydrogen) atoms. The smallest absolute Gasteiger partial charge is 0.234 e. The second kappa shape index (κ2) is 9.83. The van der Waals surface area contributed by atoms with E-state index in [0.29, 0.717) is 11.5 Å². The fourth-order valence-corrected chi connectivity index (χ4v) is 3.96. The summed E-state index contributed by atoms with van der Waals surface area (Å²) in [5.74, 6) is 0.756. The summed E-state index contributed by atoms with van der Waals surface area (Å²) in [7, 11) is 0. The van der Waals surface area contributed by atoms with Crippen LogP contribution in [0.15, 0.2) is 24.3 Å². The van der Waals surface area contributed by atoms with Crippen molar-refractivity contribution in [1.29, 1.82) is 0 Å². The summed E-state index contributed by atoms with van der Waals surface area (Å²) in [5, 5.41) is 2.90. The van der Waals surface area contributed by atoms with Gasteiger partial charge in [0, 0.05) is 37.6 Å². The molecule has 7 heteroatoms. The molecule has 0 aromatic heterocycles. The van der Waals surface area contributed by atoms with E-state index in [1.807, 2.05) is 29.2 Å². The molecule has 0 bridgehead atoms. The first-order valence-electron chi connectivity index (χ1n) is 9.30. The lowest BCUT2D eigenvalue weighted by Crippen LogP contribution is -2.37. The van der Waals surface area contributed by atoms with Crippen LogP contribution < -0.4 is 10.2 Å². The zero-order chi connectivity index (χ0) is 18.2. The Hall–Kier alpha value is -1.73. The maximum atomic E-state index is 12.1. The first kappa shape index (κ1) is 19.0. The lowest BCUT2D eigenvalue weighted by atomic mass is 10.1. The average molecular weight is 378 g/mol. The summed E-state index contributed by atoms with van der Waals surface area (Å²) in [5.41, 5.74) is 1.93. The highest BCUT2D eigenvalue weighted by atomic mass is 32.2. The van der Waals surface area contributed by atoms with E-state index in [9.17, 15) is 9.59 Å². The van der Waals surface area contributed by atoms with Gasteiger partial charge in [0.15, 0.2) is 0 Å². The minimum atomic E-state index is -0.0689. The normalized spacial score (nSPS) is 17.8. The van der Waals surface area contributed by atoms with Crippen LogP contribution in [0, 0.1) is 0 Å². The molecule has 1 N–H and O–H groups in total. The van der Waals surface area contributed by atoms with E-state index >= 15 is 0 Å². The van der Waals surface area contributed by atoms with Gasteiger partial charge in [-0.3, -0.25) is 9.59 Å². The van der Waals surface area contributed by atoms with Crippen LogP contribution in [0.5, 0.6) is 0 Å². The van der Waals surface area contributed by atoms with Gasteiger partial charge in [-0.2, -0.15) is 0 Å². The molecule has 2 amide bonds. The van der Waals surface area contributed by atoms with Gasteiger partial charge in [0.25, 0.3) is 0 Å². The Morgan fingerprint density at radius 2 is 1.65 bits per heavy atom. The van der Waals surface area contributed by atoms with E-state index in [1.54, 1.807) is 0 Å². The SMILES string of the molecule is O=C(CSCC(=O)N1CCCCC1)Nc1ccc(N2CCOCC2)cc1. The van der Waals surface area contributed by atoms with Gasteiger partial charge in [-0.05, 0) is 43.5 Å². The molecular formula is C19H27N3O3S. The van der Waals surface area contributed by atoms with E-state index in [1.165, 1.54) is 18.2 Å². The number of thioether (sulfide) groups is 1. The second-order valence-electron chi connectivity index (χ2n) is 6.63. The molecule has 2 aliphatic heterocycles. The van der Waals surface area contributed by atoms with Crippen LogP contribution in [-0.4, -0.2) is 67.6 Å². The van der Waals surface area contributed by atoms with Crippen molar-refractivity contribution in [2.75, 3.05) is 61.1 Å². The number of hydrogen-bond donors (Lipinski definition) is 1. The summed E-state index contributed by atoms with van der Waals surface area (Å²) >= 11 is 1.38. The number of benzene rings is 1. The first-order chi connectivity index (χ1) is 12.7. The summed E-state index contributed by atoms with van der Waals surface area (Å²) in [6.45, 7) is 5.03. The number of carbonyl (C=O) groups excluding carboxylic acids is 2. The maximum absolute atomic E-state index is 12.1. The van der Waals surface area contributed by atoms with Crippen LogP contribution in [0.3, 0.4) is 0 Å². The maximum Gasteiger partial charge on any atom is 0.234 e. The highest BCUT2D eigenvalue weighted by Gasteiger charge is 2.16. The number of likely N-dealkylation sites (tertiary alicyclic amines) is 1. The molecule has 142 valence electrons. The number of carbonyl (C=O) groups is 2. The molecule has 0 radical (unpaired) electrons. The van der Waals surface area contributed by atoms with Crippen molar-refractivity contribution >= 4 is 35.0 Å². The molecule has 6 nitrogen and oxygen atoms in total. The number of hydrogen-bond acceptors (Lipinski definition) is 5. The molecule has 0 atom stereocenters. The predicted octanol–water partition coefficient (Wildman–Crippen LogP) is 2.21. The lowest BCUT2D eigenvalue weighted by molar-refractivity contribution is -0.129. The van der Waals surface area contributed by atoms with Crippen LogP contribution in [0.4, 0.5) is 11.4 Å². The molecule has 2 heterocycles. The second-order valence-corrected chi connectivity index (χ2v) is 7.61. The van der Waals surface area contributed by atoms with Crippen LogP contribution in [0.25, 0.3) is 0 Å². The topological polar surface area (TPSA) is 61.9 Å². The van der Waals surface area contributed by atoms with Gasteiger partial charge in [-0.15, -0.1) is 11.8 Å². The Labute approximate surface area is 159 Å². The Bertz CT molecular complexity index is 597. The van der Waals surface area contributed by atoms with E-state index in [-0.39, 0.29) is 11.8 Å². The van der Waals surface area contributed by atoms with Gasteiger partial charge < -0.3 is 19.9 Å². The highest BCUT2D eigenvalue weighted by Crippen LogP contribution is 2.19. The van der Waals surface area contributed by atoms with Gasteiger partial charge in [0.05, 0.1) is 24.7 Å². The van der Waals surface area contributed by atoms with Crippen LogP contribution in [0.2, 0.25) is 0 Å². The molecule has 1 aromatic rings. The largest absolute Gasteiger partial charge is 0.378 e. The number of ether oxygens (including phenoxy) is 1. The molecule has 2 aliphatic rings. The number of piperidine rings is 1. The zero-order valence-electron chi connectivity index (χ0n) is 15.1. The molecule has 2 saturated heterocycles. The van der Waals surface area contributed by atoms with Crippen molar-refractivity contribution in [3.8, 4) is 0 Å². The van der Waals surface area contributed by atoms with Gasteiger partial charge >= 0.3 is 0 Å². The molecule has 2 fully saturated rings.